The van der Waals surface area contributed by atoms with Gasteiger partial charge < -0.3 is 33.9 Å². The lowest BCUT2D eigenvalue weighted by Crippen LogP contribution is -2.65. The monoisotopic (exact) mass is 728 g/mol. The van der Waals surface area contributed by atoms with Gasteiger partial charge >= 0.3 is 23.9 Å². The van der Waals surface area contributed by atoms with Crippen molar-refractivity contribution in [2.24, 2.45) is 39.9 Å². The van der Waals surface area contributed by atoms with Crippen LogP contribution in [0.25, 0.3) is 0 Å². The van der Waals surface area contributed by atoms with Gasteiger partial charge in [0.25, 0.3) is 0 Å². The standard InChI is InChI=1S/C41H60O11/c1-22(2)11-10-12-27(38(46)47)36-29-19-30(45)37-39(7)17-16-31(51-35-14-13-32(49-25(5)43)34(52-35)21-48-24(4)42)23(3)28(39)15-18-40(37,8)41(29,9)20-33(36)50-26(6)44/h11,13-14,23,28-35,37,45H,10,12,15-21H2,1-9H3,(H,46,47)/b36-27+/t23-,28-,29-,30?,31+,32-,33-,34+,35?,37?,39-,40-,41-/m0/s1. The molecule has 0 aromatic heterocycles. The largest absolute Gasteiger partial charge is 0.478 e. The molecule has 3 unspecified atom stereocenters. The van der Waals surface area contributed by atoms with Gasteiger partial charge in [-0.2, -0.15) is 0 Å². The highest BCUT2D eigenvalue weighted by molar-refractivity contribution is 5.88. The molecule has 1 aliphatic heterocycles. The molecule has 0 radical (unpaired) electrons. The molecule has 4 fully saturated rings. The van der Waals surface area contributed by atoms with E-state index in [4.69, 9.17) is 23.7 Å². The summed E-state index contributed by atoms with van der Waals surface area (Å²) in [5, 5.41) is 22.8. The number of carbonyl (C=O) groups excluding carboxylic acids is 3. The number of hydrogen-bond donors (Lipinski definition) is 2. The maximum absolute atomic E-state index is 12.9. The van der Waals surface area contributed by atoms with Crippen LogP contribution in [0.1, 0.15) is 114 Å². The van der Waals surface area contributed by atoms with Gasteiger partial charge in [-0.15, -0.1) is 0 Å². The Morgan fingerprint density at radius 2 is 1.63 bits per heavy atom. The van der Waals surface area contributed by atoms with E-state index in [1.807, 2.05) is 19.9 Å². The number of hydrogen-bond acceptors (Lipinski definition) is 10. The van der Waals surface area contributed by atoms with Crippen molar-refractivity contribution in [2.75, 3.05) is 6.61 Å². The number of aliphatic carboxylic acids is 1. The number of carboxylic acids is 1. The second-order valence-electron chi connectivity index (χ2n) is 17.1. The van der Waals surface area contributed by atoms with E-state index in [0.717, 1.165) is 31.3 Å². The Kier molecular flexibility index (Phi) is 11.9. The van der Waals surface area contributed by atoms with Gasteiger partial charge in [0.15, 0.2) is 6.29 Å². The first kappa shape index (κ1) is 40.2. The van der Waals surface area contributed by atoms with Gasteiger partial charge in [-0.3, -0.25) is 14.4 Å². The molecule has 0 saturated heterocycles. The molecule has 5 aliphatic rings. The van der Waals surface area contributed by atoms with E-state index in [9.17, 15) is 29.4 Å². The zero-order valence-corrected chi connectivity index (χ0v) is 32.4. The number of allylic oxidation sites excluding steroid dienone is 2. The van der Waals surface area contributed by atoms with E-state index < -0.39 is 60.0 Å². The third-order valence-corrected chi connectivity index (χ3v) is 13.7. The minimum atomic E-state index is -0.987. The van der Waals surface area contributed by atoms with Crippen molar-refractivity contribution < 1.29 is 53.1 Å². The average Bonchev–Trinajstić information content (AvgIpc) is 3.30. The summed E-state index contributed by atoms with van der Waals surface area (Å²) >= 11 is 0. The van der Waals surface area contributed by atoms with Crippen molar-refractivity contribution in [3.8, 4) is 0 Å². The topological polar surface area (TPSA) is 155 Å². The molecule has 0 amide bonds. The maximum Gasteiger partial charge on any atom is 0.331 e. The van der Waals surface area contributed by atoms with Crippen LogP contribution in [0.2, 0.25) is 0 Å². The second-order valence-corrected chi connectivity index (χ2v) is 17.1. The van der Waals surface area contributed by atoms with Crippen molar-refractivity contribution in [1.29, 1.82) is 0 Å². The Bertz CT molecular complexity index is 1490. The van der Waals surface area contributed by atoms with Crippen LogP contribution < -0.4 is 0 Å². The predicted octanol–water partition coefficient (Wildman–Crippen LogP) is 6.47. The first-order chi connectivity index (χ1) is 24.3. The molecule has 290 valence electrons. The SMILES string of the molecule is CC(=O)OC[C@H]1OC(O[C@@H]2CC[C@]3(C)C4C(O)C[C@H]5/C(=C(/CCC=C(C)C)C(=O)O)[C@@H](OC(C)=O)C[C@]5(C)[C@@]4(C)CC[C@H]3[C@@H]2C)C=C[C@@H]1OC(C)=O. The summed E-state index contributed by atoms with van der Waals surface area (Å²) in [6.45, 7) is 17.0. The second kappa shape index (κ2) is 15.4. The lowest BCUT2D eigenvalue weighted by Gasteiger charge is -2.69. The molecule has 52 heavy (non-hydrogen) atoms. The number of carboxylic acid groups (broad SMARTS) is 1. The molecule has 0 aromatic carbocycles. The van der Waals surface area contributed by atoms with Crippen LogP contribution in [0, 0.1) is 39.9 Å². The van der Waals surface area contributed by atoms with E-state index in [1.54, 1.807) is 12.2 Å². The van der Waals surface area contributed by atoms with Gasteiger partial charge in [-0.25, -0.2) is 4.79 Å². The fourth-order valence-electron chi connectivity index (χ4n) is 11.5. The maximum atomic E-state index is 12.9. The Hall–Kier alpha value is -3.02. The van der Waals surface area contributed by atoms with E-state index in [1.165, 1.54) is 20.8 Å². The highest BCUT2D eigenvalue weighted by Gasteiger charge is 2.71. The zero-order valence-electron chi connectivity index (χ0n) is 32.4. The molecular weight excluding hydrogens is 668 g/mol. The molecule has 13 atom stereocenters. The van der Waals surface area contributed by atoms with Gasteiger partial charge in [-0.1, -0.05) is 39.3 Å². The van der Waals surface area contributed by atoms with E-state index in [0.29, 0.717) is 36.8 Å². The molecule has 4 aliphatic carbocycles. The van der Waals surface area contributed by atoms with Gasteiger partial charge in [0, 0.05) is 26.3 Å². The van der Waals surface area contributed by atoms with Crippen LogP contribution in [-0.4, -0.2) is 77.5 Å². The van der Waals surface area contributed by atoms with Crippen LogP contribution in [0.3, 0.4) is 0 Å². The van der Waals surface area contributed by atoms with Gasteiger partial charge in [0.05, 0.1) is 12.2 Å². The van der Waals surface area contributed by atoms with Gasteiger partial charge in [0.2, 0.25) is 0 Å². The quantitative estimate of drug-likeness (QED) is 0.110. The normalized spacial score (nSPS) is 41.8. The number of aliphatic hydroxyl groups is 1. The van der Waals surface area contributed by atoms with Crippen LogP contribution in [-0.2, 0) is 42.9 Å². The Morgan fingerprint density at radius 1 is 0.942 bits per heavy atom. The Morgan fingerprint density at radius 3 is 2.25 bits per heavy atom. The van der Waals surface area contributed by atoms with E-state index in [2.05, 4.69) is 27.7 Å². The summed E-state index contributed by atoms with van der Waals surface area (Å²) in [6.07, 6.45) is 7.16. The molecule has 0 aromatic rings. The van der Waals surface area contributed by atoms with Crippen LogP contribution >= 0.6 is 0 Å². The van der Waals surface area contributed by atoms with Crippen molar-refractivity contribution in [3.63, 3.8) is 0 Å². The molecular formula is C41H60O11. The number of rotatable bonds is 10. The number of ether oxygens (including phenoxy) is 5. The lowest BCUT2D eigenvalue weighted by molar-refractivity contribution is -0.257. The van der Waals surface area contributed by atoms with Crippen LogP contribution in [0.5, 0.6) is 0 Å². The molecule has 2 N–H and O–H groups in total. The van der Waals surface area contributed by atoms with E-state index in [-0.39, 0.29) is 47.2 Å². The summed E-state index contributed by atoms with van der Waals surface area (Å²) in [5.74, 6) is -2.24. The van der Waals surface area contributed by atoms with Crippen molar-refractivity contribution >= 4 is 23.9 Å². The summed E-state index contributed by atoms with van der Waals surface area (Å²) in [6, 6.07) is 0. The summed E-state index contributed by atoms with van der Waals surface area (Å²) in [7, 11) is 0. The van der Waals surface area contributed by atoms with Gasteiger partial charge in [0.1, 0.15) is 24.9 Å². The number of fused-ring (bicyclic) bond motifs is 5. The summed E-state index contributed by atoms with van der Waals surface area (Å²) in [4.78, 5) is 48.5. The average molecular weight is 729 g/mol. The molecule has 1 heterocycles. The highest BCUT2D eigenvalue weighted by atomic mass is 16.7. The lowest BCUT2D eigenvalue weighted by atomic mass is 9.36. The van der Waals surface area contributed by atoms with Crippen molar-refractivity contribution in [1.82, 2.24) is 0 Å². The van der Waals surface area contributed by atoms with E-state index >= 15 is 0 Å². The third-order valence-electron chi connectivity index (χ3n) is 13.7. The fraction of sp³-hybridized carbons (Fsp3) is 0.756. The smallest absolute Gasteiger partial charge is 0.331 e. The number of esters is 3. The van der Waals surface area contributed by atoms with Gasteiger partial charge in [-0.05, 0) is 123 Å². The Balaban J connectivity index is 1.40. The van der Waals surface area contributed by atoms with Crippen LogP contribution in [0.15, 0.2) is 34.9 Å². The summed E-state index contributed by atoms with van der Waals surface area (Å²) < 4.78 is 29.3. The molecule has 0 bridgehead atoms. The molecule has 11 nitrogen and oxygen atoms in total. The summed E-state index contributed by atoms with van der Waals surface area (Å²) in [5.41, 5.74) is 1.15. The molecule has 11 heteroatoms. The molecule has 5 rings (SSSR count). The predicted molar refractivity (Wildman–Crippen MR) is 191 cm³/mol. The van der Waals surface area contributed by atoms with Crippen LogP contribution in [0.4, 0.5) is 0 Å². The minimum Gasteiger partial charge on any atom is -0.478 e. The fourth-order valence-corrected chi connectivity index (χ4v) is 11.5. The van der Waals surface area contributed by atoms with Crippen molar-refractivity contribution in [3.05, 3.63) is 34.9 Å². The zero-order chi connectivity index (χ0) is 38.3. The minimum absolute atomic E-state index is 0.0527. The van der Waals surface area contributed by atoms with Crippen molar-refractivity contribution in [2.45, 2.75) is 150 Å². The third kappa shape index (κ3) is 7.51. The molecule has 4 saturated carbocycles. The number of carbonyl (C=O) groups is 4. The number of aliphatic hydroxyl groups excluding tert-OH is 1. The highest BCUT2D eigenvalue weighted by Crippen LogP contribution is 2.74. The first-order valence-corrected chi connectivity index (χ1v) is 19.1. The Labute approximate surface area is 308 Å². The molecule has 0 spiro atoms. The first-order valence-electron chi connectivity index (χ1n) is 19.1.